The van der Waals surface area contributed by atoms with E-state index in [1.165, 1.54) is 4.90 Å². The fourth-order valence-electron chi connectivity index (χ4n) is 1.27. The fraction of sp³-hybridized carbons (Fsp3) is 0.417. The van der Waals surface area contributed by atoms with Gasteiger partial charge in [0.1, 0.15) is 12.4 Å². The van der Waals surface area contributed by atoms with Crippen molar-refractivity contribution in [1.82, 2.24) is 10.2 Å². The molecule has 0 bridgehead atoms. The molecule has 2 amide bonds. The molecule has 1 aromatic carbocycles. The molecule has 18 heavy (non-hydrogen) atoms. The monoisotopic (exact) mass is 272 g/mol. The first-order valence-electron chi connectivity index (χ1n) is 5.62. The number of hydrogen-bond donors (Lipinski definition) is 2. The van der Waals surface area contributed by atoms with Crippen LogP contribution in [0, 0.1) is 0 Å². The lowest BCUT2D eigenvalue weighted by Crippen LogP contribution is -2.40. The second kappa shape index (κ2) is 7.79. The van der Waals surface area contributed by atoms with Gasteiger partial charge in [-0.05, 0) is 12.1 Å². The quantitative estimate of drug-likeness (QED) is 0.769. The lowest BCUT2D eigenvalue weighted by molar-refractivity contribution is 0.188. The van der Waals surface area contributed by atoms with Crippen LogP contribution in [0.1, 0.15) is 0 Å². The third-order valence-electron chi connectivity index (χ3n) is 2.25. The second-order valence-electron chi connectivity index (χ2n) is 3.66. The molecular formula is C12H17ClN2O3. The number of urea groups is 1. The molecule has 0 fully saturated rings. The minimum atomic E-state index is -0.244. The van der Waals surface area contributed by atoms with Gasteiger partial charge in [0, 0.05) is 13.6 Å². The van der Waals surface area contributed by atoms with Crippen LogP contribution in [0.3, 0.4) is 0 Å². The first kappa shape index (κ1) is 14.6. The summed E-state index contributed by atoms with van der Waals surface area (Å²) < 4.78 is 5.41. The van der Waals surface area contributed by atoms with E-state index < -0.39 is 0 Å². The van der Waals surface area contributed by atoms with Crippen molar-refractivity contribution in [3.63, 3.8) is 0 Å². The summed E-state index contributed by atoms with van der Waals surface area (Å²) in [7, 11) is 1.61. The van der Waals surface area contributed by atoms with Crippen molar-refractivity contribution in [2.24, 2.45) is 0 Å². The summed E-state index contributed by atoms with van der Waals surface area (Å²) in [5, 5.41) is 11.9. The number of benzene rings is 1. The molecule has 0 aliphatic rings. The van der Waals surface area contributed by atoms with Crippen molar-refractivity contribution in [2.75, 3.05) is 33.4 Å². The Labute approximate surface area is 111 Å². The molecule has 0 unspecified atom stereocenters. The molecule has 0 heterocycles. The number of halogens is 1. The van der Waals surface area contributed by atoms with Gasteiger partial charge in [-0.25, -0.2) is 4.79 Å². The summed E-state index contributed by atoms with van der Waals surface area (Å²) in [6.07, 6.45) is 0. The number of likely N-dealkylation sites (N-methyl/N-ethyl adjacent to an activating group) is 1. The third-order valence-corrected chi connectivity index (χ3v) is 2.57. The Morgan fingerprint density at radius 2 is 2.22 bits per heavy atom. The van der Waals surface area contributed by atoms with Crippen molar-refractivity contribution >= 4 is 17.6 Å². The molecule has 0 radical (unpaired) electrons. The van der Waals surface area contributed by atoms with E-state index in [1.807, 2.05) is 12.1 Å². The summed E-state index contributed by atoms with van der Waals surface area (Å²) in [4.78, 5) is 12.8. The van der Waals surface area contributed by atoms with E-state index in [-0.39, 0.29) is 12.6 Å². The van der Waals surface area contributed by atoms with E-state index in [2.05, 4.69) is 5.32 Å². The number of nitrogens with one attached hydrogen (secondary N) is 1. The van der Waals surface area contributed by atoms with Gasteiger partial charge < -0.3 is 20.1 Å². The zero-order valence-corrected chi connectivity index (χ0v) is 11.0. The van der Waals surface area contributed by atoms with E-state index >= 15 is 0 Å². The van der Waals surface area contributed by atoms with E-state index in [4.69, 9.17) is 21.4 Å². The maximum Gasteiger partial charge on any atom is 0.317 e. The Kier molecular flexibility index (Phi) is 6.32. The first-order valence-corrected chi connectivity index (χ1v) is 6.00. The molecule has 1 rings (SSSR count). The van der Waals surface area contributed by atoms with Crippen LogP contribution in [0.4, 0.5) is 4.79 Å². The second-order valence-corrected chi connectivity index (χ2v) is 4.06. The van der Waals surface area contributed by atoms with Crippen LogP contribution in [0.15, 0.2) is 24.3 Å². The summed E-state index contributed by atoms with van der Waals surface area (Å²) in [6, 6.07) is 6.91. The molecule has 0 spiro atoms. The minimum Gasteiger partial charge on any atom is -0.490 e. The average molecular weight is 273 g/mol. The van der Waals surface area contributed by atoms with Crippen LogP contribution in [-0.4, -0.2) is 49.4 Å². The SMILES string of the molecule is CN(CCO)C(=O)NCCOc1ccccc1Cl. The van der Waals surface area contributed by atoms with E-state index in [1.54, 1.807) is 19.2 Å². The maximum atomic E-state index is 11.4. The standard InChI is InChI=1S/C12H17ClN2O3/c1-15(7-8-16)12(17)14-6-9-18-11-5-3-2-4-10(11)13/h2-5,16H,6-9H2,1H3,(H,14,17). The lowest BCUT2D eigenvalue weighted by atomic mass is 10.3. The molecule has 1 aromatic rings. The van der Waals surface area contributed by atoms with Crippen LogP contribution >= 0.6 is 11.6 Å². The number of hydrogen-bond acceptors (Lipinski definition) is 3. The van der Waals surface area contributed by atoms with Gasteiger partial charge in [0.2, 0.25) is 0 Å². The predicted octanol–water partition coefficient (Wildman–Crippen LogP) is 1.35. The van der Waals surface area contributed by atoms with E-state index in [0.29, 0.717) is 30.5 Å². The molecule has 100 valence electrons. The zero-order valence-electron chi connectivity index (χ0n) is 10.2. The molecule has 0 atom stereocenters. The fourth-order valence-corrected chi connectivity index (χ4v) is 1.46. The van der Waals surface area contributed by atoms with Gasteiger partial charge >= 0.3 is 6.03 Å². The van der Waals surface area contributed by atoms with Gasteiger partial charge in [-0.1, -0.05) is 23.7 Å². The third kappa shape index (κ3) is 4.81. The summed E-state index contributed by atoms with van der Waals surface area (Å²) in [6.45, 7) is 0.958. The van der Waals surface area contributed by atoms with Gasteiger partial charge in [0.15, 0.2) is 0 Å². The summed E-state index contributed by atoms with van der Waals surface area (Å²) >= 11 is 5.91. The number of carbonyl (C=O) groups is 1. The number of aliphatic hydroxyl groups excluding tert-OH is 1. The van der Waals surface area contributed by atoms with Gasteiger partial charge in [0.05, 0.1) is 18.2 Å². The molecule has 2 N–H and O–H groups in total. The minimum absolute atomic E-state index is 0.0555. The van der Waals surface area contributed by atoms with Crippen LogP contribution in [0.5, 0.6) is 5.75 Å². The number of carbonyl (C=O) groups excluding carboxylic acids is 1. The molecule has 6 heteroatoms. The Morgan fingerprint density at radius 1 is 1.50 bits per heavy atom. The highest BCUT2D eigenvalue weighted by Crippen LogP contribution is 2.22. The molecule has 0 saturated carbocycles. The molecule has 0 saturated heterocycles. The number of rotatable bonds is 6. The smallest absolute Gasteiger partial charge is 0.317 e. The van der Waals surface area contributed by atoms with Crippen LogP contribution in [0.2, 0.25) is 5.02 Å². The van der Waals surface area contributed by atoms with Crippen LogP contribution < -0.4 is 10.1 Å². The molecule has 0 aliphatic heterocycles. The van der Waals surface area contributed by atoms with Crippen molar-refractivity contribution in [3.8, 4) is 5.75 Å². The summed E-state index contributed by atoms with van der Waals surface area (Å²) in [5.41, 5.74) is 0. The van der Waals surface area contributed by atoms with Crippen molar-refractivity contribution in [2.45, 2.75) is 0 Å². The molecule has 0 aromatic heterocycles. The Morgan fingerprint density at radius 3 is 2.89 bits per heavy atom. The highest BCUT2D eigenvalue weighted by molar-refractivity contribution is 6.32. The zero-order chi connectivity index (χ0) is 13.4. The van der Waals surface area contributed by atoms with Crippen molar-refractivity contribution in [3.05, 3.63) is 29.3 Å². The number of ether oxygens (including phenoxy) is 1. The van der Waals surface area contributed by atoms with Gasteiger partial charge in [-0.2, -0.15) is 0 Å². The highest BCUT2D eigenvalue weighted by atomic mass is 35.5. The van der Waals surface area contributed by atoms with Gasteiger partial charge in [-0.15, -0.1) is 0 Å². The average Bonchev–Trinajstić information content (AvgIpc) is 2.36. The first-order chi connectivity index (χ1) is 8.65. The Balaban J connectivity index is 2.23. The van der Waals surface area contributed by atoms with Crippen LogP contribution in [-0.2, 0) is 0 Å². The molecule has 5 nitrogen and oxygen atoms in total. The summed E-state index contributed by atoms with van der Waals surface area (Å²) in [5.74, 6) is 0.595. The van der Waals surface area contributed by atoms with E-state index in [9.17, 15) is 4.79 Å². The number of nitrogens with zero attached hydrogens (tertiary/aromatic N) is 1. The van der Waals surface area contributed by atoms with Crippen molar-refractivity contribution in [1.29, 1.82) is 0 Å². The Bertz CT molecular complexity index is 387. The van der Waals surface area contributed by atoms with Crippen LogP contribution in [0.25, 0.3) is 0 Å². The molecule has 0 aliphatic carbocycles. The lowest BCUT2D eigenvalue weighted by Gasteiger charge is -2.16. The predicted molar refractivity (Wildman–Crippen MR) is 70.1 cm³/mol. The number of para-hydroxylation sites is 1. The topological polar surface area (TPSA) is 61.8 Å². The Hall–Kier alpha value is -1.46. The number of aliphatic hydroxyl groups is 1. The number of amides is 2. The van der Waals surface area contributed by atoms with Crippen molar-refractivity contribution < 1.29 is 14.6 Å². The highest BCUT2D eigenvalue weighted by Gasteiger charge is 2.06. The van der Waals surface area contributed by atoms with E-state index in [0.717, 1.165) is 0 Å². The van der Waals surface area contributed by atoms with Gasteiger partial charge in [0.25, 0.3) is 0 Å². The normalized spacial score (nSPS) is 9.94. The van der Waals surface area contributed by atoms with Gasteiger partial charge in [-0.3, -0.25) is 0 Å². The largest absolute Gasteiger partial charge is 0.490 e. The maximum absolute atomic E-state index is 11.4. The molecular weight excluding hydrogens is 256 g/mol.